The second kappa shape index (κ2) is 8.59. The second-order valence-corrected chi connectivity index (χ2v) is 4.98. The molecule has 112 valence electrons. The molecule has 0 saturated heterocycles. The number of aryl methyl sites for hydroxylation is 1. The number of ether oxygens (including phenoxy) is 1. The summed E-state index contributed by atoms with van der Waals surface area (Å²) in [5, 5.41) is 3.37. The lowest BCUT2D eigenvalue weighted by Gasteiger charge is -2.17. The highest BCUT2D eigenvalue weighted by atomic mass is 16.5. The number of likely N-dealkylation sites (N-methyl/N-ethyl adjacent to an activating group) is 1. The summed E-state index contributed by atoms with van der Waals surface area (Å²) in [5.41, 5.74) is 2.30. The van der Waals surface area contributed by atoms with E-state index in [1.165, 1.54) is 5.56 Å². The van der Waals surface area contributed by atoms with Gasteiger partial charge in [0.05, 0.1) is 0 Å². The summed E-state index contributed by atoms with van der Waals surface area (Å²) < 4.78 is 5.68. The van der Waals surface area contributed by atoms with Crippen LogP contribution in [0.4, 0.5) is 0 Å². The third-order valence-corrected chi connectivity index (χ3v) is 3.21. The molecule has 0 atom stereocenters. The maximum atomic E-state index is 11.8. The van der Waals surface area contributed by atoms with E-state index in [2.05, 4.69) is 25.2 Å². The van der Waals surface area contributed by atoms with Gasteiger partial charge in [0.15, 0.2) is 6.61 Å². The molecule has 1 aromatic rings. The minimum atomic E-state index is 0.000502. The number of rotatable bonds is 8. The first-order valence-corrected chi connectivity index (χ1v) is 7.25. The summed E-state index contributed by atoms with van der Waals surface area (Å²) in [6, 6.07) is 6.05. The van der Waals surface area contributed by atoms with E-state index in [-0.39, 0.29) is 12.5 Å². The van der Waals surface area contributed by atoms with Crippen LogP contribution in [0.15, 0.2) is 18.2 Å². The molecule has 0 heterocycles. The van der Waals surface area contributed by atoms with E-state index in [1.54, 1.807) is 11.9 Å². The second-order valence-electron chi connectivity index (χ2n) is 4.98. The van der Waals surface area contributed by atoms with Gasteiger partial charge in [0.1, 0.15) is 5.75 Å². The average molecular weight is 278 g/mol. The van der Waals surface area contributed by atoms with Crippen LogP contribution in [0.25, 0.3) is 0 Å². The molecular weight excluding hydrogens is 252 g/mol. The third-order valence-electron chi connectivity index (χ3n) is 3.21. The molecule has 0 saturated carbocycles. The van der Waals surface area contributed by atoms with E-state index >= 15 is 0 Å². The molecule has 0 spiro atoms. The van der Waals surface area contributed by atoms with Crippen molar-refractivity contribution in [1.82, 2.24) is 10.2 Å². The summed E-state index contributed by atoms with van der Waals surface area (Å²) in [5.74, 6) is 0.789. The maximum absolute atomic E-state index is 11.8. The summed E-state index contributed by atoms with van der Waals surface area (Å²) in [6.07, 6.45) is 1.10. The maximum Gasteiger partial charge on any atom is 0.260 e. The van der Waals surface area contributed by atoms with Crippen molar-refractivity contribution in [2.24, 2.45) is 0 Å². The van der Waals surface area contributed by atoms with Gasteiger partial charge in [-0.25, -0.2) is 0 Å². The van der Waals surface area contributed by atoms with Gasteiger partial charge in [-0.1, -0.05) is 24.6 Å². The van der Waals surface area contributed by atoms with Crippen LogP contribution in [0.2, 0.25) is 0 Å². The molecule has 0 unspecified atom stereocenters. The highest BCUT2D eigenvalue weighted by molar-refractivity contribution is 5.77. The monoisotopic (exact) mass is 278 g/mol. The zero-order chi connectivity index (χ0) is 15.0. The number of carbonyl (C=O) groups is 1. The number of nitrogens with one attached hydrogen (secondary N) is 1. The number of hydrogen-bond acceptors (Lipinski definition) is 3. The van der Waals surface area contributed by atoms with Gasteiger partial charge in [0.2, 0.25) is 0 Å². The lowest BCUT2D eigenvalue weighted by Crippen LogP contribution is -2.31. The van der Waals surface area contributed by atoms with E-state index in [1.807, 2.05) is 19.1 Å². The van der Waals surface area contributed by atoms with Crippen LogP contribution >= 0.6 is 0 Å². The van der Waals surface area contributed by atoms with Crippen LogP contribution in [-0.4, -0.2) is 37.6 Å². The minimum Gasteiger partial charge on any atom is -0.483 e. The number of nitrogens with zero attached hydrogens (tertiary/aromatic N) is 1. The Balaban J connectivity index is 2.66. The molecule has 1 aromatic carbocycles. The molecule has 0 aliphatic rings. The number of hydrogen-bond donors (Lipinski definition) is 1. The van der Waals surface area contributed by atoms with Crippen molar-refractivity contribution in [2.45, 2.75) is 33.7 Å². The van der Waals surface area contributed by atoms with E-state index in [4.69, 9.17) is 4.74 Å². The molecule has 0 radical (unpaired) electrons. The van der Waals surface area contributed by atoms with Crippen LogP contribution in [0, 0.1) is 6.92 Å². The van der Waals surface area contributed by atoms with E-state index in [0.717, 1.165) is 30.8 Å². The van der Waals surface area contributed by atoms with E-state index in [9.17, 15) is 4.79 Å². The summed E-state index contributed by atoms with van der Waals surface area (Å²) in [4.78, 5) is 13.4. The molecule has 1 N–H and O–H groups in total. The van der Waals surface area contributed by atoms with Crippen molar-refractivity contribution in [3.05, 3.63) is 29.3 Å². The zero-order valence-electron chi connectivity index (χ0n) is 13.0. The van der Waals surface area contributed by atoms with Crippen molar-refractivity contribution in [3.8, 4) is 5.75 Å². The number of amides is 1. The molecule has 0 aliphatic carbocycles. The molecule has 1 rings (SSSR count). The number of carbonyl (C=O) groups excluding carboxylic acids is 1. The molecule has 4 heteroatoms. The Morgan fingerprint density at radius 2 is 2.10 bits per heavy atom. The highest BCUT2D eigenvalue weighted by Crippen LogP contribution is 2.20. The van der Waals surface area contributed by atoms with Gasteiger partial charge >= 0.3 is 0 Å². The summed E-state index contributed by atoms with van der Waals surface area (Å²) in [7, 11) is 1.78. The summed E-state index contributed by atoms with van der Waals surface area (Å²) >= 11 is 0. The fourth-order valence-corrected chi connectivity index (χ4v) is 1.81. The van der Waals surface area contributed by atoms with Crippen molar-refractivity contribution in [3.63, 3.8) is 0 Å². The normalized spacial score (nSPS) is 10.4. The Hall–Kier alpha value is -1.55. The quantitative estimate of drug-likeness (QED) is 0.742. The van der Waals surface area contributed by atoms with Crippen LogP contribution in [-0.2, 0) is 11.3 Å². The van der Waals surface area contributed by atoms with Crippen LogP contribution in [0.1, 0.15) is 31.4 Å². The van der Waals surface area contributed by atoms with Crippen LogP contribution in [0.5, 0.6) is 5.75 Å². The first-order chi connectivity index (χ1) is 9.58. The largest absolute Gasteiger partial charge is 0.483 e. The Bertz CT molecular complexity index is 432. The number of benzene rings is 1. The molecule has 0 fully saturated rings. The molecule has 0 aromatic heterocycles. The first-order valence-electron chi connectivity index (χ1n) is 7.25. The van der Waals surface area contributed by atoms with Crippen molar-refractivity contribution < 1.29 is 9.53 Å². The van der Waals surface area contributed by atoms with Crippen molar-refractivity contribution in [2.75, 3.05) is 26.7 Å². The molecule has 1 amide bonds. The summed E-state index contributed by atoms with van der Waals surface area (Å²) in [6.45, 7) is 8.68. The SMILES string of the molecule is CCCNCc1cc(C)ccc1OCC(=O)N(C)CC. The van der Waals surface area contributed by atoms with E-state index < -0.39 is 0 Å². The highest BCUT2D eigenvalue weighted by Gasteiger charge is 2.10. The first kappa shape index (κ1) is 16.5. The van der Waals surface area contributed by atoms with Gasteiger partial charge in [-0.2, -0.15) is 0 Å². The average Bonchev–Trinajstić information content (AvgIpc) is 2.45. The van der Waals surface area contributed by atoms with Gasteiger partial charge in [0.25, 0.3) is 5.91 Å². The molecule has 20 heavy (non-hydrogen) atoms. The standard InChI is InChI=1S/C16H26N2O2/c1-5-9-17-11-14-10-13(3)7-8-15(14)20-12-16(19)18(4)6-2/h7-8,10,17H,5-6,9,11-12H2,1-4H3. The Kier molecular flexibility index (Phi) is 7.09. The Morgan fingerprint density at radius 3 is 2.75 bits per heavy atom. The minimum absolute atomic E-state index is 0.000502. The fourth-order valence-electron chi connectivity index (χ4n) is 1.81. The van der Waals surface area contributed by atoms with Crippen LogP contribution < -0.4 is 10.1 Å². The Morgan fingerprint density at radius 1 is 1.35 bits per heavy atom. The Labute approximate surface area is 122 Å². The van der Waals surface area contributed by atoms with Crippen LogP contribution in [0.3, 0.4) is 0 Å². The smallest absolute Gasteiger partial charge is 0.260 e. The topological polar surface area (TPSA) is 41.6 Å². The van der Waals surface area contributed by atoms with Gasteiger partial charge in [-0.15, -0.1) is 0 Å². The predicted octanol–water partition coefficient (Wildman–Crippen LogP) is 2.35. The molecule has 4 nitrogen and oxygen atoms in total. The van der Waals surface area contributed by atoms with Gasteiger partial charge in [-0.05, 0) is 32.9 Å². The van der Waals surface area contributed by atoms with Gasteiger partial charge in [0, 0.05) is 25.7 Å². The fraction of sp³-hybridized carbons (Fsp3) is 0.562. The van der Waals surface area contributed by atoms with Crippen molar-refractivity contribution >= 4 is 5.91 Å². The molecule has 0 aliphatic heterocycles. The van der Waals surface area contributed by atoms with Crippen molar-refractivity contribution in [1.29, 1.82) is 0 Å². The van der Waals surface area contributed by atoms with Gasteiger partial charge < -0.3 is 15.0 Å². The lowest BCUT2D eigenvalue weighted by atomic mass is 10.1. The van der Waals surface area contributed by atoms with Gasteiger partial charge in [-0.3, -0.25) is 4.79 Å². The van der Waals surface area contributed by atoms with E-state index in [0.29, 0.717) is 6.54 Å². The molecular formula is C16H26N2O2. The third kappa shape index (κ3) is 5.21. The predicted molar refractivity (Wildman–Crippen MR) is 82.0 cm³/mol. The lowest BCUT2D eigenvalue weighted by molar-refractivity contribution is -0.131. The molecule has 0 bridgehead atoms. The zero-order valence-corrected chi connectivity index (χ0v) is 13.0.